The van der Waals surface area contributed by atoms with Gasteiger partial charge in [-0.15, -0.1) is 0 Å². The van der Waals surface area contributed by atoms with Gasteiger partial charge in [0.05, 0.1) is 0 Å². The van der Waals surface area contributed by atoms with Crippen LogP contribution in [0.25, 0.3) is 0 Å². The van der Waals surface area contributed by atoms with E-state index in [9.17, 15) is 14.4 Å². The van der Waals surface area contributed by atoms with Gasteiger partial charge in [-0.2, -0.15) is 0 Å². The van der Waals surface area contributed by atoms with Crippen molar-refractivity contribution in [2.24, 2.45) is 0 Å². The minimum Gasteiger partial charge on any atom is -0.462 e. The van der Waals surface area contributed by atoms with E-state index in [1.165, 1.54) is 38.5 Å². The Labute approximate surface area is 485 Å². The summed E-state index contributed by atoms with van der Waals surface area (Å²) in [4.78, 5) is 38.3. The molecule has 0 aromatic heterocycles. The second-order valence-electron chi connectivity index (χ2n) is 20.2. The fourth-order valence-corrected chi connectivity index (χ4v) is 8.01. The number of rotatable bonds is 55. The summed E-state index contributed by atoms with van der Waals surface area (Å²) in [5, 5.41) is 0. The normalized spacial score (nSPS) is 13.3. The molecule has 0 amide bonds. The van der Waals surface area contributed by atoms with Gasteiger partial charge in [-0.3, -0.25) is 14.4 Å². The van der Waals surface area contributed by atoms with Gasteiger partial charge in [0.2, 0.25) is 0 Å². The Bertz CT molecular complexity index is 1820. The van der Waals surface area contributed by atoms with E-state index in [-0.39, 0.29) is 31.1 Å². The standard InChI is InChI=1S/C73H114O6/c1-4-7-10-13-16-19-22-25-28-30-32-33-34-35-36-37-38-39-41-42-45-48-51-54-57-60-63-66-72(75)78-69-70(68-77-71(74)65-62-59-56-53-50-47-44-27-24-21-18-15-12-9-6-3)79-73(76)67-64-61-58-55-52-49-46-43-40-31-29-26-23-20-17-14-11-8-5-2/h7,9-10,12,16-21,25-29,32-33,35-36,38-40,42-45,50,53,70H,4-6,8,11,13-15,22-24,30-31,34,37,41,46-49,51-52,54-69H2,1-3H3/b10-7-,12-9-,19-16-,20-17-,21-18-,28-25-,29-26-,33-32-,36-35-,39-38-,43-40-,44-27-,45-42-,53-50-. The van der Waals surface area contributed by atoms with Crippen LogP contribution in [0.4, 0.5) is 0 Å². The molecule has 0 fully saturated rings. The molecule has 1 atom stereocenters. The molecular weight excluding hydrogens is 973 g/mol. The fourth-order valence-electron chi connectivity index (χ4n) is 8.01. The van der Waals surface area contributed by atoms with Gasteiger partial charge >= 0.3 is 17.9 Å². The van der Waals surface area contributed by atoms with Crippen LogP contribution in [-0.2, 0) is 28.6 Å². The predicted octanol–water partition coefficient (Wildman–Crippen LogP) is 21.9. The first-order valence-corrected chi connectivity index (χ1v) is 31.6. The van der Waals surface area contributed by atoms with Crippen molar-refractivity contribution in [1.29, 1.82) is 0 Å². The summed E-state index contributed by atoms with van der Waals surface area (Å²) in [6.07, 6.45) is 96.4. The minimum atomic E-state index is -0.821. The molecule has 0 saturated heterocycles. The smallest absolute Gasteiger partial charge is 0.306 e. The number of ether oxygens (including phenoxy) is 3. The van der Waals surface area contributed by atoms with Crippen LogP contribution < -0.4 is 0 Å². The quantitative estimate of drug-likeness (QED) is 0.0261. The van der Waals surface area contributed by atoms with E-state index in [4.69, 9.17) is 14.2 Å². The molecule has 0 aromatic rings. The number of unbranched alkanes of at least 4 members (excludes halogenated alkanes) is 16. The highest BCUT2D eigenvalue weighted by Gasteiger charge is 2.19. The van der Waals surface area contributed by atoms with E-state index >= 15 is 0 Å². The lowest BCUT2D eigenvalue weighted by molar-refractivity contribution is -0.167. The average molecular weight is 1090 g/mol. The van der Waals surface area contributed by atoms with Gasteiger partial charge in [-0.05, 0) is 154 Å². The van der Waals surface area contributed by atoms with Crippen LogP contribution in [0.3, 0.4) is 0 Å². The van der Waals surface area contributed by atoms with Crippen molar-refractivity contribution < 1.29 is 28.6 Å². The highest BCUT2D eigenvalue weighted by Crippen LogP contribution is 2.13. The van der Waals surface area contributed by atoms with Crippen molar-refractivity contribution in [3.05, 3.63) is 170 Å². The topological polar surface area (TPSA) is 78.9 Å². The third-order valence-corrected chi connectivity index (χ3v) is 12.7. The molecule has 0 aliphatic carbocycles. The second-order valence-corrected chi connectivity index (χ2v) is 20.2. The van der Waals surface area contributed by atoms with Crippen molar-refractivity contribution in [2.45, 2.75) is 258 Å². The molecule has 0 bridgehead atoms. The Morgan fingerprint density at radius 3 is 0.797 bits per heavy atom. The van der Waals surface area contributed by atoms with Crippen LogP contribution in [0.5, 0.6) is 0 Å². The van der Waals surface area contributed by atoms with Gasteiger partial charge in [-0.25, -0.2) is 0 Å². The fraction of sp³-hybridized carbons (Fsp3) is 0.575. The molecule has 0 spiro atoms. The van der Waals surface area contributed by atoms with Gasteiger partial charge < -0.3 is 14.2 Å². The molecule has 0 aliphatic rings. The molecule has 1 unspecified atom stereocenters. The number of esters is 3. The van der Waals surface area contributed by atoms with Gasteiger partial charge in [0, 0.05) is 19.3 Å². The predicted molar refractivity (Wildman–Crippen MR) is 343 cm³/mol. The third kappa shape index (κ3) is 63.5. The number of allylic oxidation sites excluding steroid dienone is 28. The highest BCUT2D eigenvalue weighted by atomic mass is 16.6. The molecule has 0 aromatic carbocycles. The summed E-state index contributed by atoms with van der Waals surface area (Å²) in [6.45, 7) is 6.31. The van der Waals surface area contributed by atoms with E-state index < -0.39 is 6.10 Å². The lowest BCUT2D eigenvalue weighted by atomic mass is 10.1. The van der Waals surface area contributed by atoms with Crippen LogP contribution in [0.15, 0.2) is 170 Å². The average Bonchev–Trinajstić information content (AvgIpc) is 3.45. The molecule has 79 heavy (non-hydrogen) atoms. The molecule has 0 rings (SSSR count). The third-order valence-electron chi connectivity index (χ3n) is 12.7. The van der Waals surface area contributed by atoms with Crippen LogP contribution >= 0.6 is 0 Å². The summed E-state index contributed by atoms with van der Waals surface area (Å²) >= 11 is 0. The first kappa shape index (κ1) is 73.8. The molecule has 0 saturated carbocycles. The van der Waals surface area contributed by atoms with Crippen LogP contribution in [0, 0.1) is 0 Å². The zero-order valence-corrected chi connectivity index (χ0v) is 50.6. The summed E-state index contributed by atoms with van der Waals surface area (Å²) in [5.74, 6) is -0.994. The van der Waals surface area contributed by atoms with E-state index in [2.05, 4.69) is 191 Å². The van der Waals surface area contributed by atoms with E-state index in [0.29, 0.717) is 25.7 Å². The molecule has 0 heterocycles. The Balaban J connectivity index is 4.50. The Morgan fingerprint density at radius 2 is 0.494 bits per heavy atom. The van der Waals surface area contributed by atoms with Crippen molar-refractivity contribution in [1.82, 2.24) is 0 Å². The zero-order chi connectivity index (χ0) is 57.1. The Hall–Kier alpha value is -5.23. The van der Waals surface area contributed by atoms with Crippen molar-refractivity contribution in [3.63, 3.8) is 0 Å². The Kier molecular flexibility index (Phi) is 61.0. The van der Waals surface area contributed by atoms with E-state index in [0.717, 1.165) is 167 Å². The first-order valence-electron chi connectivity index (χ1n) is 31.6. The van der Waals surface area contributed by atoms with Crippen molar-refractivity contribution in [3.8, 4) is 0 Å². The van der Waals surface area contributed by atoms with Gasteiger partial charge in [0.25, 0.3) is 0 Å². The summed E-state index contributed by atoms with van der Waals surface area (Å²) < 4.78 is 16.9. The van der Waals surface area contributed by atoms with Gasteiger partial charge in [0.15, 0.2) is 6.10 Å². The first-order chi connectivity index (χ1) is 39.0. The molecule has 0 N–H and O–H groups in total. The van der Waals surface area contributed by atoms with E-state index in [1.807, 2.05) is 0 Å². The van der Waals surface area contributed by atoms with Crippen LogP contribution in [0.2, 0.25) is 0 Å². The van der Waals surface area contributed by atoms with Crippen LogP contribution in [0.1, 0.15) is 252 Å². The van der Waals surface area contributed by atoms with E-state index in [1.54, 1.807) is 0 Å². The number of hydrogen-bond acceptors (Lipinski definition) is 6. The van der Waals surface area contributed by atoms with Gasteiger partial charge in [0.1, 0.15) is 13.2 Å². The molecule has 6 heteroatoms. The molecule has 0 radical (unpaired) electrons. The molecular formula is C73H114O6. The van der Waals surface area contributed by atoms with Gasteiger partial charge in [-0.1, -0.05) is 249 Å². The van der Waals surface area contributed by atoms with Crippen molar-refractivity contribution in [2.75, 3.05) is 13.2 Å². The maximum atomic E-state index is 12.9. The lowest BCUT2D eigenvalue weighted by Crippen LogP contribution is -2.30. The maximum absolute atomic E-state index is 12.9. The molecule has 6 nitrogen and oxygen atoms in total. The molecule has 0 aliphatic heterocycles. The highest BCUT2D eigenvalue weighted by molar-refractivity contribution is 5.71. The SMILES string of the molecule is CC/C=C\C/C=C\C/C=C\C/C=C\C/C=C\C/C=C\C/C=C\CCCCCCCC(=O)OCC(COC(=O)CCCC/C=C\C/C=C\C/C=C\C/C=C\CC)OC(=O)CCCCCCCC/C=C\C/C=C\C/C=C\CCCCC. The number of carbonyl (C=O) groups is 3. The summed E-state index contributed by atoms with van der Waals surface area (Å²) in [5.41, 5.74) is 0. The second kappa shape index (κ2) is 65.3. The zero-order valence-electron chi connectivity index (χ0n) is 50.6. The summed E-state index contributed by atoms with van der Waals surface area (Å²) in [7, 11) is 0. The Morgan fingerprint density at radius 1 is 0.266 bits per heavy atom. The van der Waals surface area contributed by atoms with Crippen molar-refractivity contribution >= 4 is 17.9 Å². The maximum Gasteiger partial charge on any atom is 0.306 e. The number of carbonyl (C=O) groups excluding carboxylic acids is 3. The lowest BCUT2D eigenvalue weighted by Gasteiger charge is -2.18. The number of hydrogen-bond donors (Lipinski definition) is 0. The molecule has 442 valence electrons. The van der Waals surface area contributed by atoms with Crippen LogP contribution in [-0.4, -0.2) is 37.2 Å². The minimum absolute atomic E-state index is 0.115. The summed E-state index contributed by atoms with van der Waals surface area (Å²) in [6, 6.07) is 0. The largest absolute Gasteiger partial charge is 0.462 e. The monoisotopic (exact) mass is 1090 g/mol.